The first-order chi connectivity index (χ1) is 13.3. The summed E-state index contributed by atoms with van der Waals surface area (Å²) in [5.41, 5.74) is 1.38. The largest absolute Gasteiger partial charge is 0.357 e. The van der Waals surface area contributed by atoms with E-state index in [-0.39, 0.29) is 0 Å². The van der Waals surface area contributed by atoms with Gasteiger partial charge in [-0.1, -0.05) is 36.8 Å². The summed E-state index contributed by atoms with van der Waals surface area (Å²) >= 11 is 0. The maximum atomic E-state index is 4.66. The second-order valence-corrected chi connectivity index (χ2v) is 6.98. The van der Waals surface area contributed by atoms with Gasteiger partial charge in [-0.25, -0.2) is 9.98 Å². The number of nitrogens with zero attached hydrogens (tertiary/aromatic N) is 5. The van der Waals surface area contributed by atoms with Gasteiger partial charge in [0.15, 0.2) is 5.96 Å². The van der Waals surface area contributed by atoms with Crippen LogP contribution in [0.15, 0.2) is 41.7 Å². The van der Waals surface area contributed by atoms with Crippen molar-refractivity contribution in [3.8, 4) is 0 Å². The van der Waals surface area contributed by atoms with Gasteiger partial charge in [0.05, 0.1) is 0 Å². The molecule has 7 nitrogen and oxygen atoms in total. The molecule has 1 aliphatic rings. The lowest BCUT2D eigenvalue weighted by Gasteiger charge is -2.36. The molecule has 1 aromatic carbocycles. The first kappa shape index (κ1) is 19.4. The molecule has 0 saturated carbocycles. The molecule has 1 unspecified atom stereocenters. The summed E-state index contributed by atoms with van der Waals surface area (Å²) < 4.78 is 1.76. The Balaban J connectivity index is 1.57. The Labute approximate surface area is 161 Å². The normalized spacial score (nSPS) is 18.4. The lowest BCUT2D eigenvalue weighted by atomic mass is 10.0. The summed E-state index contributed by atoms with van der Waals surface area (Å²) in [7, 11) is 1.89. The van der Waals surface area contributed by atoms with Gasteiger partial charge in [-0.15, -0.1) is 0 Å². The van der Waals surface area contributed by atoms with Gasteiger partial charge in [0, 0.05) is 32.7 Å². The van der Waals surface area contributed by atoms with Crippen LogP contribution in [0.2, 0.25) is 0 Å². The van der Waals surface area contributed by atoms with Gasteiger partial charge < -0.3 is 10.6 Å². The molecule has 7 heteroatoms. The molecule has 0 aliphatic carbocycles. The average molecular weight is 370 g/mol. The minimum Gasteiger partial charge on any atom is -0.357 e. The molecule has 146 valence electrons. The van der Waals surface area contributed by atoms with Crippen LogP contribution in [0.3, 0.4) is 0 Å². The van der Waals surface area contributed by atoms with E-state index in [1.165, 1.54) is 24.8 Å². The van der Waals surface area contributed by atoms with Crippen LogP contribution in [0.5, 0.6) is 0 Å². The highest BCUT2D eigenvalue weighted by molar-refractivity contribution is 5.79. The van der Waals surface area contributed by atoms with E-state index in [1.807, 2.05) is 7.05 Å². The third-order valence-corrected chi connectivity index (χ3v) is 5.01. The van der Waals surface area contributed by atoms with Gasteiger partial charge >= 0.3 is 0 Å². The van der Waals surface area contributed by atoms with Crippen molar-refractivity contribution in [1.82, 2.24) is 30.3 Å². The highest BCUT2D eigenvalue weighted by Crippen LogP contribution is 2.19. The van der Waals surface area contributed by atoms with Crippen LogP contribution in [0.4, 0.5) is 0 Å². The van der Waals surface area contributed by atoms with Crippen LogP contribution in [-0.2, 0) is 20.1 Å². The SMILES string of the molecule is CCNC(=NCc1ncnn1C)NCC1CCCCN1Cc1ccccc1. The van der Waals surface area contributed by atoms with Crippen LogP contribution >= 0.6 is 0 Å². The summed E-state index contributed by atoms with van der Waals surface area (Å²) in [6, 6.07) is 11.3. The summed E-state index contributed by atoms with van der Waals surface area (Å²) in [4.78, 5) is 11.5. The average Bonchev–Trinajstić information content (AvgIpc) is 3.11. The van der Waals surface area contributed by atoms with E-state index in [0.717, 1.165) is 38.0 Å². The highest BCUT2D eigenvalue weighted by atomic mass is 15.3. The van der Waals surface area contributed by atoms with Crippen molar-refractivity contribution in [3.05, 3.63) is 48.0 Å². The number of benzene rings is 1. The van der Waals surface area contributed by atoms with Crippen molar-refractivity contribution in [3.63, 3.8) is 0 Å². The van der Waals surface area contributed by atoms with E-state index >= 15 is 0 Å². The van der Waals surface area contributed by atoms with Gasteiger partial charge in [0.1, 0.15) is 18.7 Å². The second kappa shape index (κ2) is 10.1. The van der Waals surface area contributed by atoms with Crippen LogP contribution in [0.25, 0.3) is 0 Å². The predicted molar refractivity (Wildman–Crippen MR) is 108 cm³/mol. The molecule has 1 atom stereocenters. The Morgan fingerprint density at radius 1 is 1.22 bits per heavy atom. The first-order valence-electron chi connectivity index (χ1n) is 9.89. The van der Waals surface area contributed by atoms with Crippen LogP contribution in [-0.4, -0.2) is 51.3 Å². The maximum Gasteiger partial charge on any atom is 0.191 e. The zero-order chi connectivity index (χ0) is 18.9. The molecule has 27 heavy (non-hydrogen) atoms. The lowest BCUT2D eigenvalue weighted by Crippen LogP contribution is -2.48. The Morgan fingerprint density at radius 3 is 2.81 bits per heavy atom. The Hall–Kier alpha value is -2.41. The number of likely N-dealkylation sites (tertiary alicyclic amines) is 1. The quantitative estimate of drug-likeness (QED) is 0.576. The van der Waals surface area contributed by atoms with Crippen LogP contribution in [0.1, 0.15) is 37.6 Å². The molecule has 1 aliphatic heterocycles. The van der Waals surface area contributed by atoms with Crippen molar-refractivity contribution in [2.24, 2.45) is 12.0 Å². The Morgan fingerprint density at radius 2 is 2.07 bits per heavy atom. The number of nitrogens with one attached hydrogen (secondary N) is 2. The summed E-state index contributed by atoms with van der Waals surface area (Å²) in [5.74, 6) is 1.70. The molecule has 0 spiro atoms. The van der Waals surface area contributed by atoms with E-state index in [9.17, 15) is 0 Å². The minimum absolute atomic E-state index is 0.518. The van der Waals surface area contributed by atoms with Gasteiger partial charge in [0.25, 0.3) is 0 Å². The number of aromatic nitrogens is 3. The number of aryl methyl sites for hydroxylation is 1. The molecule has 0 bridgehead atoms. The van der Waals surface area contributed by atoms with Crippen molar-refractivity contribution in [1.29, 1.82) is 0 Å². The van der Waals surface area contributed by atoms with Gasteiger partial charge in [0.2, 0.25) is 0 Å². The van der Waals surface area contributed by atoms with Crippen molar-refractivity contribution in [2.45, 2.75) is 45.3 Å². The number of hydrogen-bond donors (Lipinski definition) is 2. The Kier molecular flexibility index (Phi) is 7.21. The van der Waals surface area contributed by atoms with Gasteiger partial charge in [-0.2, -0.15) is 5.10 Å². The van der Waals surface area contributed by atoms with E-state index in [4.69, 9.17) is 0 Å². The lowest BCUT2D eigenvalue weighted by molar-refractivity contribution is 0.141. The molecule has 1 saturated heterocycles. The molecule has 0 amide bonds. The number of guanidine groups is 1. The standard InChI is InChI=1S/C20H31N7/c1-3-21-20(23-14-19-24-16-25-26(19)2)22-13-18-11-7-8-12-27(18)15-17-9-5-4-6-10-17/h4-6,9-10,16,18H,3,7-8,11-15H2,1-2H3,(H2,21,22,23). The third kappa shape index (κ3) is 5.79. The molecule has 3 rings (SSSR count). The zero-order valence-corrected chi connectivity index (χ0v) is 16.4. The van der Waals surface area contributed by atoms with E-state index in [2.05, 4.69) is 67.9 Å². The Bertz CT molecular complexity index is 710. The van der Waals surface area contributed by atoms with Crippen molar-refractivity contribution >= 4 is 5.96 Å². The van der Waals surface area contributed by atoms with Crippen molar-refractivity contribution < 1.29 is 0 Å². The van der Waals surface area contributed by atoms with Gasteiger partial charge in [-0.05, 0) is 31.9 Å². The first-order valence-corrected chi connectivity index (χ1v) is 9.89. The predicted octanol–water partition coefficient (Wildman–Crippen LogP) is 1.92. The number of piperidine rings is 1. The van der Waals surface area contributed by atoms with Crippen LogP contribution < -0.4 is 10.6 Å². The molecule has 1 fully saturated rings. The van der Waals surface area contributed by atoms with Crippen LogP contribution in [0, 0.1) is 0 Å². The fraction of sp³-hybridized carbons (Fsp3) is 0.550. The number of rotatable bonds is 7. The molecule has 2 N–H and O–H groups in total. The summed E-state index contributed by atoms with van der Waals surface area (Å²) in [6.07, 6.45) is 5.37. The molecule has 0 radical (unpaired) electrons. The van der Waals surface area contributed by atoms with Gasteiger partial charge in [-0.3, -0.25) is 9.58 Å². The molecule has 2 heterocycles. The minimum atomic E-state index is 0.518. The molecular formula is C20H31N7. The second-order valence-electron chi connectivity index (χ2n) is 6.98. The fourth-order valence-corrected chi connectivity index (χ4v) is 3.49. The summed E-state index contributed by atoms with van der Waals surface area (Å²) in [6.45, 7) is 6.51. The maximum absolute atomic E-state index is 4.66. The zero-order valence-electron chi connectivity index (χ0n) is 16.4. The number of hydrogen-bond acceptors (Lipinski definition) is 4. The number of aliphatic imine (C=N–C) groups is 1. The van der Waals surface area contributed by atoms with Crippen molar-refractivity contribution in [2.75, 3.05) is 19.6 Å². The molecule has 1 aromatic heterocycles. The smallest absolute Gasteiger partial charge is 0.191 e. The molecular weight excluding hydrogens is 338 g/mol. The van der Waals surface area contributed by atoms with E-state index in [1.54, 1.807) is 11.0 Å². The third-order valence-electron chi connectivity index (χ3n) is 5.01. The summed E-state index contributed by atoms with van der Waals surface area (Å²) in [5, 5.41) is 11.0. The molecule has 2 aromatic rings. The van der Waals surface area contributed by atoms with E-state index in [0.29, 0.717) is 12.6 Å². The van der Waals surface area contributed by atoms with E-state index < -0.39 is 0 Å². The monoisotopic (exact) mass is 369 g/mol. The topological polar surface area (TPSA) is 70.4 Å². The highest BCUT2D eigenvalue weighted by Gasteiger charge is 2.22. The fourth-order valence-electron chi connectivity index (χ4n) is 3.49.